The quantitative estimate of drug-likeness (QED) is 0.850. The molecule has 0 aromatic carbocycles. The van der Waals surface area contributed by atoms with Gasteiger partial charge in [0.2, 0.25) is 5.09 Å². The van der Waals surface area contributed by atoms with Gasteiger partial charge in [-0.3, -0.25) is 0 Å². The summed E-state index contributed by atoms with van der Waals surface area (Å²) in [6.07, 6.45) is 0. The molecule has 3 N–H and O–H groups in total. The van der Waals surface area contributed by atoms with Crippen molar-refractivity contribution < 1.29 is 12.8 Å². The number of furan rings is 1. The Labute approximate surface area is 90.8 Å². The molecule has 0 saturated heterocycles. The minimum Gasteiger partial charge on any atom is -0.437 e. The predicted molar refractivity (Wildman–Crippen MR) is 55.2 cm³/mol. The lowest BCUT2D eigenvalue weighted by Crippen LogP contribution is -2.37. The van der Waals surface area contributed by atoms with Crippen molar-refractivity contribution in [3.8, 4) is 0 Å². The topological polar surface area (TPSA) is 85.3 Å². The van der Waals surface area contributed by atoms with Gasteiger partial charge in [-0.2, -0.15) is 0 Å². The highest BCUT2D eigenvalue weighted by atomic mass is 79.9. The predicted octanol–water partition coefficient (Wildman–Crippen LogP) is 0.668. The molecule has 0 amide bonds. The molecule has 80 valence electrons. The van der Waals surface area contributed by atoms with Crippen LogP contribution in [0.1, 0.15) is 6.92 Å². The van der Waals surface area contributed by atoms with E-state index in [1.54, 1.807) is 6.92 Å². The van der Waals surface area contributed by atoms with Crippen molar-refractivity contribution in [2.24, 2.45) is 5.73 Å². The molecule has 5 nitrogen and oxygen atoms in total. The molecule has 0 bridgehead atoms. The smallest absolute Gasteiger partial charge is 0.274 e. The molecular weight excluding hydrogens is 272 g/mol. The van der Waals surface area contributed by atoms with E-state index in [4.69, 9.17) is 10.2 Å². The lowest BCUT2D eigenvalue weighted by molar-refractivity contribution is 0.425. The minimum atomic E-state index is -3.58. The van der Waals surface area contributed by atoms with Gasteiger partial charge < -0.3 is 10.2 Å². The summed E-state index contributed by atoms with van der Waals surface area (Å²) in [5.74, 6) is 0. The van der Waals surface area contributed by atoms with Crippen LogP contribution in [-0.4, -0.2) is 21.0 Å². The number of nitrogens with two attached hydrogens (primary N) is 1. The third-order valence-electron chi connectivity index (χ3n) is 1.52. The molecule has 0 radical (unpaired) electrons. The SMILES string of the molecule is C[C@H](CN)NS(=O)(=O)c1ccc(Br)o1. The van der Waals surface area contributed by atoms with E-state index < -0.39 is 10.0 Å². The van der Waals surface area contributed by atoms with Gasteiger partial charge in [0, 0.05) is 12.6 Å². The zero-order chi connectivity index (χ0) is 10.8. The van der Waals surface area contributed by atoms with Crippen molar-refractivity contribution in [2.45, 2.75) is 18.1 Å². The second-order valence-corrected chi connectivity index (χ2v) is 5.24. The number of nitrogens with one attached hydrogen (secondary N) is 1. The molecule has 7 heteroatoms. The van der Waals surface area contributed by atoms with Crippen molar-refractivity contribution in [1.82, 2.24) is 4.72 Å². The average molecular weight is 283 g/mol. The van der Waals surface area contributed by atoms with Crippen molar-refractivity contribution in [3.63, 3.8) is 0 Å². The van der Waals surface area contributed by atoms with Crippen molar-refractivity contribution in [1.29, 1.82) is 0 Å². The van der Waals surface area contributed by atoms with Crippen LogP contribution in [0.4, 0.5) is 0 Å². The number of sulfonamides is 1. The Morgan fingerprint density at radius 2 is 2.29 bits per heavy atom. The fraction of sp³-hybridized carbons (Fsp3) is 0.429. The normalized spacial score (nSPS) is 14.2. The summed E-state index contributed by atoms with van der Waals surface area (Å²) in [6, 6.07) is 2.57. The highest BCUT2D eigenvalue weighted by Gasteiger charge is 2.20. The summed E-state index contributed by atoms with van der Waals surface area (Å²) in [6.45, 7) is 1.91. The number of halogens is 1. The Balaban J connectivity index is 2.86. The maximum Gasteiger partial charge on any atom is 0.274 e. The first-order chi connectivity index (χ1) is 6.45. The lowest BCUT2D eigenvalue weighted by atomic mass is 10.4. The molecule has 1 aromatic heterocycles. The van der Waals surface area contributed by atoms with Crippen LogP contribution in [-0.2, 0) is 10.0 Å². The van der Waals surface area contributed by atoms with Crippen LogP contribution in [0, 0.1) is 0 Å². The molecule has 0 fully saturated rings. The Morgan fingerprint density at radius 3 is 2.71 bits per heavy atom. The lowest BCUT2D eigenvalue weighted by Gasteiger charge is -2.09. The first-order valence-electron chi connectivity index (χ1n) is 3.93. The van der Waals surface area contributed by atoms with Crippen LogP contribution in [0.5, 0.6) is 0 Å². The highest BCUT2D eigenvalue weighted by molar-refractivity contribution is 9.10. The third kappa shape index (κ3) is 2.81. The van der Waals surface area contributed by atoms with Crippen LogP contribution >= 0.6 is 15.9 Å². The molecule has 1 aromatic rings. The van der Waals surface area contributed by atoms with Crippen molar-refractivity contribution >= 4 is 26.0 Å². The molecule has 0 spiro atoms. The van der Waals surface area contributed by atoms with Gasteiger partial charge in [0.1, 0.15) is 0 Å². The molecule has 1 atom stereocenters. The number of rotatable bonds is 4. The van der Waals surface area contributed by atoms with Gasteiger partial charge in [-0.25, -0.2) is 13.1 Å². The average Bonchev–Trinajstić information content (AvgIpc) is 2.51. The van der Waals surface area contributed by atoms with Crippen LogP contribution in [0.15, 0.2) is 26.3 Å². The largest absolute Gasteiger partial charge is 0.437 e. The van der Waals surface area contributed by atoms with Gasteiger partial charge in [-0.1, -0.05) is 0 Å². The van der Waals surface area contributed by atoms with Gasteiger partial charge in [0.05, 0.1) is 0 Å². The summed E-state index contributed by atoms with van der Waals surface area (Å²) in [7, 11) is -3.58. The highest BCUT2D eigenvalue weighted by Crippen LogP contribution is 2.18. The van der Waals surface area contributed by atoms with E-state index in [2.05, 4.69) is 20.7 Å². The van der Waals surface area contributed by atoms with E-state index in [0.717, 1.165) is 0 Å². The summed E-state index contributed by atoms with van der Waals surface area (Å²) in [4.78, 5) is 0. The van der Waals surface area contributed by atoms with Gasteiger partial charge >= 0.3 is 0 Å². The second kappa shape index (κ2) is 4.43. The van der Waals surface area contributed by atoms with Gasteiger partial charge in [-0.15, -0.1) is 0 Å². The van der Waals surface area contributed by atoms with Crippen molar-refractivity contribution in [2.75, 3.05) is 6.54 Å². The van der Waals surface area contributed by atoms with E-state index in [1.807, 2.05) is 0 Å². The van der Waals surface area contributed by atoms with Crippen LogP contribution in [0.2, 0.25) is 0 Å². The molecule has 0 saturated carbocycles. The fourth-order valence-corrected chi connectivity index (χ4v) is 2.42. The fourth-order valence-electron chi connectivity index (χ4n) is 0.813. The van der Waals surface area contributed by atoms with E-state index in [-0.39, 0.29) is 17.7 Å². The monoisotopic (exact) mass is 282 g/mol. The van der Waals surface area contributed by atoms with Gasteiger partial charge in [0.15, 0.2) is 4.67 Å². The van der Waals surface area contributed by atoms with E-state index in [9.17, 15) is 8.42 Å². The Kier molecular flexibility index (Phi) is 3.71. The third-order valence-corrected chi connectivity index (χ3v) is 3.41. The van der Waals surface area contributed by atoms with Gasteiger partial charge in [0.25, 0.3) is 10.0 Å². The first kappa shape index (κ1) is 11.7. The maximum atomic E-state index is 11.5. The number of hydrogen-bond donors (Lipinski definition) is 2. The first-order valence-corrected chi connectivity index (χ1v) is 6.21. The second-order valence-electron chi connectivity index (χ2n) is 2.82. The molecule has 1 rings (SSSR count). The molecule has 14 heavy (non-hydrogen) atoms. The Bertz CT molecular complexity index is 401. The number of hydrogen-bond acceptors (Lipinski definition) is 4. The Morgan fingerprint density at radius 1 is 1.64 bits per heavy atom. The minimum absolute atomic E-state index is 0.121. The van der Waals surface area contributed by atoms with E-state index >= 15 is 0 Å². The van der Waals surface area contributed by atoms with Crippen LogP contribution in [0.3, 0.4) is 0 Å². The summed E-state index contributed by atoms with van der Waals surface area (Å²) in [5.41, 5.74) is 5.30. The standard InChI is InChI=1S/C7H11BrN2O3S/c1-5(4-9)10-14(11,12)7-3-2-6(8)13-7/h2-3,5,10H,4,9H2,1H3/t5-/m1/s1. The Hall–Kier alpha value is -0.370. The zero-order valence-corrected chi connectivity index (χ0v) is 9.93. The van der Waals surface area contributed by atoms with Crippen LogP contribution < -0.4 is 10.5 Å². The molecule has 0 unspecified atom stereocenters. The van der Waals surface area contributed by atoms with E-state index in [1.165, 1.54) is 12.1 Å². The molecule has 0 aliphatic carbocycles. The summed E-state index contributed by atoms with van der Waals surface area (Å²) < 4.78 is 30.7. The van der Waals surface area contributed by atoms with Gasteiger partial charge in [-0.05, 0) is 35.0 Å². The van der Waals surface area contributed by atoms with Crippen LogP contribution in [0.25, 0.3) is 0 Å². The molecule has 0 aliphatic heterocycles. The molecule has 1 heterocycles. The summed E-state index contributed by atoms with van der Waals surface area (Å²) >= 11 is 3.02. The van der Waals surface area contributed by atoms with Crippen molar-refractivity contribution in [3.05, 3.63) is 16.8 Å². The zero-order valence-electron chi connectivity index (χ0n) is 7.53. The summed E-state index contributed by atoms with van der Waals surface area (Å²) in [5, 5.41) is -0.121. The maximum absolute atomic E-state index is 11.5. The molecular formula is C7H11BrN2O3S. The van der Waals surface area contributed by atoms with E-state index in [0.29, 0.717) is 4.67 Å². The molecule has 0 aliphatic rings.